The number of thiophene rings is 2. The van der Waals surface area contributed by atoms with Gasteiger partial charge in [0, 0.05) is 22.1 Å². The molecule has 0 unspecified atom stereocenters. The van der Waals surface area contributed by atoms with Crippen LogP contribution < -0.4 is 11.5 Å². The zero-order valence-electron chi connectivity index (χ0n) is 9.15. The van der Waals surface area contributed by atoms with Crippen LogP contribution in [0.15, 0.2) is 33.7 Å². The smallest absolute Gasteiger partial charge is 0.414 e. The molecule has 2 rings (SSSR count). The average Bonchev–Trinajstić information content (AvgIpc) is 2.93. The van der Waals surface area contributed by atoms with E-state index in [0.717, 1.165) is 11.4 Å². The first-order valence-corrected chi connectivity index (χ1v) is 6.33. The summed E-state index contributed by atoms with van der Waals surface area (Å²) in [7, 11) is 0. The number of nitrogen functional groups attached to an aromatic ring is 2. The Morgan fingerprint density at radius 3 is 1.28 bits per heavy atom. The van der Waals surface area contributed by atoms with Crippen molar-refractivity contribution in [1.29, 1.82) is 0 Å². The number of nitrogens with two attached hydrogens (primary N) is 2. The third-order valence-corrected chi connectivity index (χ3v) is 2.67. The van der Waals surface area contributed by atoms with Gasteiger partial charge in [0.15, 0.2) is 0 Å². The predicted molar refractivity (Wildman–Crippen MR) is 72.7 cm³/mol. The molecule has 6 nitrogen and oxygen atoms in total. The molecule has 0 aliphatic heterocycles. The number of aliphatic carboxylic acids is 2. The van der Waals surface area contributed by atoms with E-state index in [1.54, 1.807) is 22.7 Å². The van der Waals surface area contributed by atoms with Gasteiger partial charge in [0.1, 0.15) is 0 Å². The van der Waals surface area contributed by atoms with Gasteiger partial charge >= 0.3 is 11.9 Å². The second-order valence-corrected chi connectivity index (χ2v) is 4.28. The summed E-state index contributed by atoms with van der Waals surface area (Å²) in [5.41, 5.74) is 12.3. The number of hydrogen-bond donors (Lipinski definition) is 4. The monoisotopic (exact) mass is 288 g/mol. The lowest BCUT2D eigenvalue weighted by Gasteiger charge is -1.72. The number of hydrogen-bond acceptors (Lipinski definition) is 6. The predicted octanol–water partition coefficient (Wildman–Crippen LogP) is 1.82. The zero-order chi connectivity index (χ0) is 14.0. The second kappa shape index (κ2) is 9.02. The number of carboxylic acid groups (broad SMARTS) is 2. The fourth-order valence-electron chi connectivity index (χ4n) is 0.550. The van der Waals surface area contributed by atoms with Crippen LogP contribution in [0.2, 0.25) is 0 Å². The minimum atomic E-state index is -1.82. The Balaban J connectivity index is 0.000000241. The van der Waals surface area contributed by atoms with Crippen LogP contribution in [-0.2, 0) is 9.59 Å². The number of carboxylic acids is 2. The molecular weight excluding hydrogens is 276 g/mol. The number of anilines is 2. The molecule has 0 saturated heterocycles. The molecule has 0 atom stereocenters. The largest absolute Gasteiger partial charge is 0.473 e. The normalized spacial score (nSPS) is 8.22. The molecule has 0 aliphatic carbocycles. The lowest BCUT2D eigenvalue weighted by atomic mass is 10.6. The van der Waals surface area contributed by atoms with Gasteiger partial charge in [-0.15, -0.1) is 0 Å². The molecule has 8 heteroatoms. The van der Waals surface area contributed by atoms with Crippen molar-refractivity contribution in [2.45, 2.75) is 0 Å². The van der Waals surface area contributed by atoms with Gasteiger partial charge in [0.05, 0.1) is 0 Å². The highest BCUT2D eigenvalue weighted by molar-refractivity contribution is 7.08. The van der Waals surface area contributed by atoms with Crippen LogP contribution in [0.1, 0.15) is 0 Å². The molecule has 0 fully saturated rings. The molecule has 98 valence electrons. The Bertz CT molecular complexity index is 410. The summed E-state index contributed by atoms with van der Waals surface area (Å²) in [6, 6.07) is 3.76. The van der Waals surface area contributed by atoms with Crippen LogP contribution in [0.25, 0.3) is 0 Å². The van der Waals surface area contributed by atoms with Crippen LogP contribution >= 0.6 is 22.7 Å². The maximum absolute atomic E-state index is 9.10. The summed E-state index contributed by atoms with van der Waals surface area (Å²) in [6.45, 7) is 0. The first kappa shape index (κ1) is 15.9. The summed E-state index contributed by atoms with van der Waals surface area (Å²) < 4.78 is 0. The van der Waals surface area contributed by atoms with Crippen LogP contribution in [0.4, 0.5) is 11.4 Å². The minimum absolute atomic E-state index is 0.861. The first-order valence-electron chi connectivity index (χ1n) is 4.45. The quantitative estimate of drug-likeness (QED) is 0.548. The first-order chi connectivity index (χ1) is 8.43. The average molecular weight is 288 g/mol. The van der Waals surface area contributed by atoms with Gasteiger partial charge in [-0.2, -0.15) is 22.7 Å². The van der Waals surface area contributed by atoms with Crippen LogP contribution in [0, 0.1) is 0 Å². The summed E-state index contributed by atoms with van der Waals surface area (Å²) in [4.78, 5) is 18.2. The molecule has 0 aliphatic rings. The Labute approximate surface area is 111 Å². The molecule has 0 saturated carbocycles. The SMILES string of the molecule is Nc1ccsc1.Nc1ccsc1.O=C(O)C(=O)O. The second-order valence-electron chi connectivity index (χ2n) is 2.72. The van der Waals surface area contributed by atoms with Crippen molar-refractivity contribution in [3.63, 3.8) is 0 Å². The third kappa shape index (κ3) is 9.19. The summed E-state index contributed by atoms with van der Waals surface area (Å²) in [5.74, 6) is -3.65. The van der Waals surface area contributed by atoms with Crippen LogP contribution in [0.3, 0.4) is 0 Å². The standard InChI is InChI=1S/2C4H5NS.C2H2O4/c2*5-4-1-2-6-3-4;3-1(4)2(5)6/h2*1-3H,5H2;(H,3,4)(H,5,6). The Kier molecular flexibility index (Phi) is 7.99. The molecule has 18 heavy (non-hydrogen) atoms. The fourth-order valence-corrected chi connectivity index (χ4v) is 1.65. The molecule has 0 spiro atoms. The summed E-state index contributed by atoms with van der Waals surface area (Å²) in [5, 5.41) is 22.5. The molecule has 6 N–H and O–H groups in total. The zero-order valence-corrected chi connectivity index (χ0v) is 10.8. The van der Waals surface area contributed by atoms with E-state index < -0.39 is 11.9 Å². The summed E-state index contributed by atoms with van der Waals surface area (Å²) in [6.07, 6.45) is 0. The highest BCUT2D eigenvalue weighted by Crippen LogP contribution is 2.05. The molecular formula is C10H12N2O4S2. The van der Waals surface area contributed by atoms with Crippen molar-refractivity contribution in [2.24, 2.45) is 0 Å². The van der Waals surface area contributed by atoms with Gasteiger partial charge in [-0.05, 0) is 22.9 Å². The van der Waals surface area contributed by atoms with E-state index in [-0.39, 0.29) is 0 Å². The third-order valence-electron chi connectivity index (χ3n) is 1.27. The van der Waals surface area contributed by atoms with Crippen molar-refractivity contribution in [3.8, 4) is 0 Å². The van der Waals surface area contributed by atoms with Gasteiger partial charge < -0.3 is 21.7 Å². The highest BCUT2D eigenvalue weighted by Gasteiger charge is 2.04. The van der Waals surface area contributed by atoms with E-state index >= 15 is 0 Å². The molecule has 0 radical (unpaired) electrons. The van der Waals surface area contributed by atoms with Gasteiger partial charge in [0.25, 0.3) is 0 Å². The molecule has 2 heterocycles. The molecule has 2 aromatic heterocycles. The summed E-state index contributed by atoms with van der Waals surface area (Å²) >= 11 is 3.23. The van der Waals surface area contributed by atoms with Gasteiger partial charge in [-0.25, -0.2) is 9.59 Å². The lowest BCUT2D eigenvalue weighted by Crippen LogP contribution is -2.09. The van der Waals surface area contributed by atoms with E-state index in [2.05, 4.69) is 0 Å². The maximum atomic E-state index is 9.10. The Hall–Kier alpha value is -2.06. The van der Waals surface area contributed by atoms with Gasteiger partial charge in [-0.1, -0.05) is 0 Å². The van der Waals surface area contributed by atoms with Gasteiger partial charge in [0.2, 0.25) is 0 Å². The lowest BCUT2D eigenvalue weighted by molar-refractivity contribution is -0.159. The number of carbonyl (C=O) groups is 2. The van der Waals surface area contributed by atoms with Crippen molar-refractivity contribution < 1.29 is 19.8 Å². The Morgan fingerprint density at radius 1 is 0.889 bits per heavy atom. The topological polar surface area (TPSA) is 127 Å². The van der Waals surface area contributed by atoms with Crippen molar-refractivity contribution in [1.82, 2.24) is 0 Å². The Morgan fingerprint density at radius 2 is 1.22 bits per heavy atom. The van der Waals surface area contributed by atoms with Crippen molar-refractivity contribution in [2.75, 3.05) is 11.5 Å². The molecule has 0 aromatic carbocycles. The molecule has 0 amide bonds. The van der Waals surface area contributed by atoms with Crippen LogP contribution in [-0.4, -0.2) is 22.2 Å². The van der Waals surface area contributed by atoms with E-state index in [4.69, 9.17) is 31.3 Å². The van der Waals surface area contributed by atoms with Crippen molar-refractivity contribution >= 4 is 46.0 Å². The minimum Gasteiger partial charge on any atom is -0.473 e. The van der Waals surface area contributed by atoms with E-state index in [0.29, 0.717) is 0 Å². The molecule has 0 bridgehead atoms. The van der Waals surface area contributed by atoms with E-state index in [1.165, 1.54) is 0 Å². The number of rotatable bonds is 0. The fraction of sp³-hybridized carbons (Fsp3) is 0. The molecule has 2 aromatic rings. The van der Waals surface area contributed by atoms with E-state index in [9.17, 15) is 0 Å². The highest BCUT2D eigenvalue weighted by atomic mass is 32.1. The van der Waals surface area contributed by atoms with E-state index in [1.807, 2.05) is 33.7 Å². The van der Waals surface area contributed by atoms with Crippen LogP contribution in [0.5, 0.6) is 0 Å². The maximum Gasteiger partial charge on any atom is 0.414 e. The van der Waals surface area contributed by atoms with Crippen molar-refractivity contribution in [3.05, 3.63) is 33.7 Å². The van der Waals surface area contributed by atoms with Gasteiger partial charge in [-0.3, -0.25) is 0 Å².